The van der Waals surface area contributed by atoms with E-state index in [0.29, 0.717) is 18.2 Å². The van der Waals surface area contributed by atoms with Crippen LogP contribution in [0.3, 0.4) is 0 Å². The average molecular weight is 274 g/mol. The fourth-order valence-corrected chi connectivity index (χ4v) is 2.95. The molecule has 0 N–H and O–H groups in total. The van der Waals surface area contributed by atoms with Crippen molar-refractivity contribution < 1.29 is 4.79 Å². The van der Waals surface area contributed by atoms with Crippen molar-refractivity contribution >= 4 is 17.2 Å². The Morgan fingerprint density at radius 2 is 2.37 bits per heavy atom. The van der Waals surface area contributed by atoms with Crippen LogP contribution in [-0.4, -0.2) is 38.8 Å². The summed E-state index contributed by atoms with van der Waals surface area (Å²) in [6, 6.07) is 1.93. The second kappa shape index (κ2) is 5.44. The third kappa shape index (κ3) is 2.63. The summed E-state index contributed by atoms with van der Waals surface area (Å²) in [5.74, 6) is 0.333. The fraction of sp³-hybridized carbons (Fsp3) is 0.385. The van der Waals surface area contributed by atoms with E-state index >= 15 is 0 Å². The highest BCUT2D eigenvalue weighted by Gasteiger charge is 2.26. The monoisotopic (exact) mass is 274 g/mol. The van der Waals surface area contributed by atoms with Crippen LogP contribution in [0.1, 0.15) is 34.9 Å². The lowest BCUT2D eigenvalue weighted by Crippen LogP contribution is -2.39. The van der Waals surface area contributed by atoms with Gasteiger partial charge in [0.2, 0.25) is 0 Å². The summed E-state index contributed by atoms with van der Waals surface area (Å²) >= 11 is 1.45. The summed E-state index contributed by atoms with van der Waals surface area (Å²) in [5, 5.41) is 1.80. The number of aromatic nitrogens is 3. The molecule has 0 unspecified atom stereocenters. The lowest BCUT2D eigenvalue weighted by molar-refractivity contribution is 0.0700. The Hall–Kier alpha value is -1.82. The van der Waals surface area contributed by atoms with Gasteiger partial charge in [-0.2, -0.15) is 0 Å². The predicted octanol–water partition coefficient (Wildman–Crippen LogP) is 1.95. The van der Waals surface area contributed by atoms with Gasteiger partial charge in [-0.05, 0) is 18.9 Å². The van der Waals surface area contributed by atoms with Gasteiger partial charge in [-0.1, -0.05) is 0 Å². The fourth-order valence-electron chi connectivity index (χ4n) is 2.43. The number of thiazole rings is 1. The Morgan fingerprint density at radius 3 is 3.11 bits per heavy atom. The molecule has 1 aliphatic rings. The minimum atomic E-state index is 0.0278. The first-order chi connectivity index (χ1) is 9.34. The van der Waals surface area contributed by atoms with Crippen molar-refractivity contribution in [3.63, 3.8) is 0 Å². The van der Waals surface area contributed by atoms with E-state index in [9.17, 15) is 4.79 Å². The molecule has 1 fully saturated rings. The van der Waals surface area contributed by atoms with Crippen LogP contribution in [0.15, 0.2) is 29.5 Å². The normalized spacial score (nSPS) is 19.4. The van der Waals surface area contributed by atoms with Crippen LogP contribution < -0.4 is 0 Å². The molecule has 6 heteroatoms. The minimum Gasteiger partial charge on any atom is -0.337 e. The van der Waals surface area contributed by atoms with Crippen molar-refractivity contribution in [3.05, 3.63) is 40.9 Å². The molecule has 2 aromatic rings. The Morgan fingerprint density at radius 1 is 1.42 bits per heavy atom. The minimum absolute atomic E-state index is 0.0278. The van der Waals surface area contributed by atoms with E-state index in [-0.39, 0.29) is 5.91 Å². The van der Waals surface area contributed by atoms with E-state index in [1.807, 2.05) is 11.0 Å². The van der Waals surface area contributed by atoms with Crippen molar-refractivity contribution in [1.29, 1.82) is 0 Å². The van der Waals surface area contributed by atoms with Gasteiger partial charge in [0.1, 0.15) is 12.0 Å². The molecule has 5 nitrogen and oxygen atoms in total. The van der Waals surface area contributed by atoms with Crippen LogP contribution in [0.5, 0.6) is 0 Å². The van der Waals surface area contributed by atoms with E-state index in [0.717, 1.165) is 25.1 Å². The first-order valence-electron chi connectivity index (χ1n) is 6.28. The molecular formula is C13H14N4OS. The lowest BCUT2D eigenvalue weighted by Gasteiger charge is -2.32. The maximum atomic E-state index is 12.3. The number of rotatable bonds is 2. The quantitative estimate of drug-likeness (QED) is 0.840. The predicted molar refractivity (Wildman–Crippen MR) is 72.0 cm³/mol. The molecule has 2 aromatic heterocycles. The van der Waals surface area contributed by atoms with Crippen molar-refractivity contribution in [2.75, 3.05) is 13.1 Å². The Bertz CT molecular complexity index is 543. The molecule has 1 aliphatic heterocycles. The second-order valence-corrected chi connectivity index (χ2v) is 5.32. The standard InChI is InChI=1S/C13H14N4OS/c18-13(12-7-19-9-16-12)17-5-1-2-10(6-17)11-3-4-14-8-15-11/h3-4,7-10H,1-2,5-6H2/t10-/m0/s1. The molecule has 3 rings (SSSR count). The number of hydrogen-bond donors (Lipinski definition) is 0. The third-order valence-corrected chi connectivity index (χ3v) is 3.97. The van der Waals surface area contributed by atoms with Crippen LogP contribution in [0, 0.1) is 0 Å². The Labute approximate surface area is 115 Å². The largest absolute Gasteiger partial charge is 0.337 e. The number of carbonyl (C=O) groups excluding carboxylic acids is 1. The van der Waals surface area contributed by atoms with E-state index in [2.05, 4.69) is 15.0 Å². The molecule has 1 amide bonds. The summed E-state index contributed by atoms with van der Waals surface area (Å²) in [6.07, 6.45) is 5.39. The Kier molecular flexibility index (Phi) is 3.50. The maximum Gasteiger partial charge on any atom is 0.273 e. The number of carbonyl (C=O) groups is 1. The zero-order valence-electron chi connectivity index (χ0n) is 10.4. The second-order valence-electron chi connectivity index (χ2n) is 4.60. The molecular weight excluding hydrogens is 260 g/mol. The molecule has 3 heterocycles. The van der Waals surface area contributed by atoms with E-state index in [1.54, 1.807) is 23.4 Å². The van der Waals surface area contributed by atoms with Crippen LogP contribution >= 0.6 is 11.3 Å². The zero-order valence-corrected chi connectivity index (χ0v) is 11.2. The highest BCUT2D eigenvalue weighted by molar-refractivity contribution is 7.07. The van der Waals surface area contributed by atoms with Crippen molar-refractivity contribution in [2.45, 2.75) is 18.8 Å². The molecule has 0 spiro atoms. The van der Waals surface area contributed by atoms with Gasteiger partial charge in [0, 0.05) is 36.3 Å². The topological polar surface area (TPSA) is 59.0 Å². The molecule has 98 valence electrons. The van der Waals surface area contributed by atoms with Gasteiger partial charge < -0.3 is 4.90 Å². The van der Waals surface area contributed by atoms with Gasteiger partial charge >= 0.3 is 0 Å². The summed E-state index contributed by atoms with van der Waals surface area (Å²) in [5.41, 5.74) is 3.26. The van der Waals surface area contributed by atoms with Crippen LogP contribution in [0.2, 0.25) is 0 Å². The number of likely N-dealkylation sites (tertiary alicyclic amines) is 1. The molecule has 0 saturated carbocycles. The molecule has 0 radical (unpaired) electrons. The average Bonchev–Trinajstić information content (AvgIpc) is 3.02. The summed E-state index contributed by atoms with van der Waals surface area (Å²) < 4.78 is 0. The summed E-state index contributed by atoms with van der Waals surface area (Å²) in [4.78, 5) is 26.5. The lowest BCUT2D eigenvalue weighted by atomic mass is 9.94. The number of hydrogen-bond acceptors (Lipinski definition) is 5. The van der Waals surface area contributed by atoms with Crippen LogP contribution in [0.25, 0.3) is 0 Å². The number of nitrogens with zero attached hydrogens (tertiary/aromatic N) is 4. The molecule has 0 aromatic carbocycles. The van der Waals surface area contributed by atoms with Gasteiger partial charge in [0.05, 0.1) is 5.51 Å². The van der Waals surface area contributed by atoms with Gasteiger partial charge in [-0.25, -0.2) is 15.0 Å². The molecule has 1 saturated heterocycles. The zero-order chi connectivity index (χ0) is 13.1. The number of amides is 1. The van der Waals surface area contributed by atoms with E-state index in [1.165, 1.54) is 11.3 Å². The van der Waals surface area contributed by atoms with Crippen molar-refractivity contribution in [1.82, 2.24) is 19.9 Å². The summed E-state index contributed by atoms with van der Waals surface area (Å²) in [7, 11) is 0. The molecule has 0 aliphatic carbocycles. The molecule has 0 bridgehead atoms. The van der Waals surface area contributed by atoms with Gasteiger partial charge in [-0.15, -0.1) is 11.3 Å². The SMILES string of the molecule is O=C(c1cscn1)N1CCC[C@H](c2ccncn2)C1. The third-order valence-electron chi connectivity index (χ3n) is 3.38. The van der Waals surface area contributed by atoms with Crippen LogP contribution in [-0.2, 0) is 0 Å². The number of piperidine rings is 1. The molecule has 1 atom stereocenters. The highest BCUT2D eigenvalue weighted by atomic mass is 32.1. The maximum absolute atomic E-state index is 12.3. The van der Waals surface area contributed by atoms with E-state index < -0.39 is 0 Å². The highest BCUT2D eigenvalue weighted by Crippen LogP contribution is 2.25. The van der Waals surface area contributed by atoms with Gasteiger partial charge in [-0.3, -0.25) is 4.79 Å². The smallest absolute Gasteiger partial charge is 0.273 e. The first-order valence-corrected chi connectivity index (χ1v) is 7.22. The van der Waals surface area contributed by atoms with Crippen molar-refractivity contribution in [2.24, 2.45) is 0 Å². The van der Waals surface area contributed by atoms with Crippen molar-refractivity contribution in [3.8, 4) is 0 Å². The molecule has 19 heavy (non-hydrogen) atoms. The van der Waals surface area contributed by atoms with Crippen LogP contribution in [0.4, 0.5) is 0 Å². The summed E-state index contributed by atoms with van der Waals surface area (Å²) in [6.45, 7) is 1.52. The first kappa shape index (κ1) is 12.2. The van der Waals surface area contributed by atoms with E-state index in [4.69, 9.17) is 0 Å². The van der Waals surface area contributed by atoms with Gasteiger partial charge in [0.25, 0.3) is 5.91 Å². The Balaban J connectivity index is 1.73. The van der Waals surface area contributed by atoms with Gasteiger partial charge in [0.15, 0.2) is 0 Å².